The normalized spacial score (nSPS) is 16.6. The molecule has 3 rings (SSSR count). The molecule has 2 aromatic carbocycles. The Balaban J connectivity index is 1.79. The van der Waals surface area contributed by atoms with Crippen molar-refractivity contribution in [2.75, 3.05) is 25.0 Å². The largest absolute Gasteiger partial charge is 0.494 e. The number of para-hydroxylation sites is 1. The number of anilines is 1. The number of benzene rings is 2. The second kappa shape index (κ2) is 8.57. The van der Waals surface area contributed by atoms with Crippen LogP contribution in [0, 0.1) is 5.82 Å². The maximum Gasteiger partial charge on any atom is 0.262 e. The monoisotopic (exact) mass is 408 g/mol. The topological polar surface area (TPSA) is 93.7 Å². The minimum absolute atomic E-state index is 0.0283. The number of amides is 1. The molecule has 2 aromatic rings. The summed E-state index contributed by atoms with van der Waals surface area (Å²) in [5.41, 5.74) is 0.300. The molecule has 0 aliphatic carbocycles. The molecule has 7 nitrogen and oxygen atoms in total. The first-order valence-electron chi connectivity index (χ1n) is 8.76. The van der Waals surface area contributed by atoms with Crippen LogP contribution in [0.2, 0.25) is 0 Å². The molecule has 1 amide bonds. The quantitative estimate of drug-likeness (QED) is 0.734. The van der Waals surface area contributed by atoms with Gasteiger partial charge in [0.2, 0.25) is 0 Å². The summed E-state index contributed by atoms with van der Waals surface area (Å²) in [6, 6.07) is 9.47. The van der Waals surface area contributed by atoms with Gasteiger partial charge in [0.1, 0.15) is 0 Å². The molecule has 0 spiro atoms. The lowest BCUT2D eigenvalue weighted by molar-refractivity contribution is 0.0858. The van der Waals surface area contributed by atoms with E-state index >= 15 is 0 Å². The zero-order valence-electron chi connectivity index (χ0n) is 15.3. The Morgan fingerprint density at radius 2 is 2.07 bits per heavy atom. The van der Waals surface area contributed by atoms with Crippen LogP contribution in [0.4, 0.5) is 10.1 Å². The lowest BCUT2D eigenvalue weighted by Gasteiger charge is -2.15. The minimum Gasteiger partial charge on any atom is -0.494 e. The fourth-order valence-corrected chi connectivity index (χ4v) is 3.98. The molecule has 1 saturated heterocycles. The maximum atomic E-state index is 13.6. The van der Waals surface area contributed by atoms with E-state index in [0.717, 1.165) is 31.0 Å². The summed E-state index contributed by atoms with van der Waals surface area (Å²) in [5, 5.41) is 2.76. The molecular weight excluding hydrogens is 387 g/mol. The number of ether oxygens (including phenoxy) is 2. The number of carbonyl (C=O) groups excluding carboxylic acids is 1. The first-order chi connectivity index (χ1) is 13.4. The second-order valence-electron chi connectivity index (χ2n) is 6.29. The molecule has 0 radical (unpaired) electrons. The third-order valence-corrected chi connectivity index (χ3v) is 5.73. The van der Waals surface area contributed by atoms with Crippen LogP contribution in [0.5, 0.6) is 5.75 Å². The van der Waals surface area contributed by atoms with Gasteiger partial charge in [-0.25, -0.2) is 12.8 Å². The van der Waals surface area contributed by atoms with Gasteiger partial charge in [0, 0.05) is 19.2 Å². The average molecular weight is 408 g/mol. The van der Waals surface area contributed by atoms with Gasteiger partial charge in [-0.05, 0) is 37.1 Å². The van der Waals surface area contributed by atoms with E-state index < -0.39 is 21.7 Å². The number of sulfonamides is 1. The fourth-order valence-electron chi connectivity index (χ4n) is 2.89. The van der Waals surface area contributed by atoms with Crippen molar-refractivity contribution in [2.45, 2.75) is 23.8 Å². The lowest BCUT2D eigenvalue weighted by atomic mass is 10.1. The number of hydrogen-bond donors (Lipinski definition) is 2. The van der Waals surface area contributed by atoms with Gasteiger partial charge in [-0.1, -0.05) is 12.1 Å². The highest BCUT2D eigenvalue weighted by Gasteiger charge is 2.21. The van der Waals surface area contributed by atoms with Crippen molar-refractivity contribution in [3.8, 4) is 5.75 Å². The van der Waals surface area contributed by atoms with Gasteiger partial charge in [-0.15, -0.1) is 0 Å². The first kappa shape index (κ1) is 20.1. The maximum absolute atomic E-state index is 13.6. The minimum atomic E-state index is -4.05. The third kappa shape index (κ3) is 4.60. The predicted octanol–water partition coefficient (Wildman–Crippen LogP) is 2.54. The molecule has 1 aliphatic heterocycles. The van der Waals surface area contributed by atoms with E-state index in [1.165, 1.54) is 19.2 Å². The summed E-state index contributed by atoms with van der Waals surface area (Å²) in [4.78, 5) is 12.3. The van der Waals surface area contributed by atoms with Crippen LogP contribution in [-0.4, -0.2) is 40.7 Å². The summed E-state index contributed by atoms with van der Waals surface area (Å²) in [6.07, 6.45) is 1.80. The van der Waals surface area contributed by atoms with Crippen molar-refractivity contribution >= 4 is 21.6 Å². The van der Waals surface area contributed by atoms with Gasteiger partial charge >= 0.3 is 0 Å². The molecule has 1 fully saturated rings. The van der Waals surface area contributed by atoms with Crippen molar-refractivity contribution in [3.05, 3.63) is 53.8 Å². The van der Waals surface area contributed by atoms with Crippen LogP contribution in [0.15, 0.2) is 47.4 Å². The molecule has 2 N–H and O–H groups in total. The summed E-state index contributed by atoms with van der Waals surface area (Å²) >= 11 is 0. The van der Waals surface area contributed by atoms with E-state index in [1.807, 2.05) is 0 Å². The Bertz CT molecular complexity index is 959. The number of halogens is 1. The van der Waals surface area contributed by atoms with Crippen molar-refractivity contribution in [1.29, 1.82) is 0 Å². The molecule has 150 valence electrons. The standard InChI is InChI=1S/C19H21FN2O5S/c1-26-18-11-14(8-9-16(18)20)28(24,25)22-17-7-3-2-6-15(17)19(23)21-12-13-5-4-10-27-13/h2-3,6-9,11,13,22H,4-5,10,12H2,1H3,(H,21,23)/t13-/m1/s1. The fraction of sp³-hybridized carbons (Fsp3) is 0.316. The summed E-state index contributed by atoms with van der Waals surface area (Å²) < 4.78 is 51.6. The zero-order chi connectivity index (χ0) is 20.1. The molecule has 1 atom stereocenters. The van der Waals surface area contributed by atoms with Crippen LogP contribution in [0.3, 0.4) is 0 Å². The average Bonchev–Trinajstić information content (AvgIpc) is 3.20. The summed E-state index contributed by atoms with van der Waals surface area (Å²) in [7, 11) is -2.80. The van der Waals surface area contributed by atoms with Gasteiger partial charge in [-0.3, -0.25) is 9.52 Å². The predicted molar refractivity (Wildman–Crippen MR) is 102 cm³/mol. The second-order valence-corrected chi connectivity index (χ2v) is 7.97. The van der Waals surface area contributed by atoms with E-state index in [1.54, 1.807) is 12.1 Å². The molecule has 0 unspecified atom stereocenters. The third-order valence-electron chi connectivity index (χ3n) is 4.36. The van der Waals surface area contributed by atoms with Crippen LogP contribution >= 0.6 is 0 Å². The van der Waals surface area contributed by atoms with Crippen molar-refractivity contribution in [1.82, 2.24) is 5.32 Å². The summed E-state index contributed by atoms with van der Waals surface area (Å²) in [5.74, 6) is -1.27. The molecule has 28 heavy (non-hydrogen) atoms. The Morgan fingerprint density at radius 3 is 2.79 bits per heavy atom. The molecular formula is C19H21FN2O5S. The van der Waals surface area contributed by atoms with E-state index in [-0.39, 0.29) is 28.0 Å². The number of methoxy groups -OCH3 is 1. The van der Waals surface area contributed by atoms with E-state index in [0.29, 0.717) is 13.2 Å². The molecule has 1 heterocycles. The number of hydrogen-bond acceptors (Lipinski definition) is 5. The lowest BCUT2D eigenvalue weighted by Crippen LogP contribution is -2.32. The van der Waals surface area contributed by atoms with Crippen LogP contribution in [0.25, 0.3) is 0 Å². The Hall–Kier alpha value is -2.65. The van der Waals surface area contributed by atoms with Crippen molar-refractivity contribution in [3.63, 3.8) is 0 Å². The Morgan fingerprint density at radius 1 is 1.29 bits per heavy atom. The van der Waals surface area contributed by atoms with Crippen LogP contribution < -0.4 is 14.8 Å². The number of nitrogens with one attached hydrogen (secondary N) is 2. The number of carbonyl (C=O) groups is 1. The van der Waals surface area contributed by atoms with Crippen LogP contribution in [-0.2, 0) is 14.8 Å². The molecule has 9 heteroatoms. The molecule has 0 aromatic heterocycles. The van der Waals surface area contributed by atoms with Crippen LogP contribution in [0.1, 0.15) is 23.2 Å². The first-order valence-corrected chi connectivity index (χ1v) is 10.2. The van der Waals surface area contributed by atoms with Crippen molar-refractivity contribution < 1.29 is 27.1 Å². The Labute approximate surface area is 162 Å². The number of rotatable bonds is 7. The molecule has 0 bridgehead atoms. The van der Waals surface area contributed by atoms with Gasteiger partial charge < -0.3 is 14.8 Å². The molecule has 0 saturated carbocycles. The van der Waals surface area contributed by atoms with Gasteiger partial charge in [0.15, 0.2) is 11.6 Å². The van der Waals surface area contributed by atoms with Gasteiger partial charge in [-0.2, -0.15) is 0 Å². The summed E-state index contributed by atoms with van der Waals surface area (Å²) in [6.45, 7) is 1.03. The smallest absolute Gasteiger partial charge is 0.262 e. The molecule has 1 aliphatic rings. The van der Waals surface area contributed by atoms with Crippen molar-refractivity contribution in [2.24, 2.45) is 0 Å². The SMILES string of the molecule is COc1cc(S(=O)(=O)Nc2ccccc2C(=O)NC[C@H]2CCCO2)ccc1F. The van der Waals surface area contributed by atoms with Gasteiger partial charge in [0.05, 0.1) is 29.4 Å². The van der Waals surface area contributed by atoms with E-state index in [4.69, 9.17) is 9.47 Å². The van der Waals surface area contributed by atoms with E-state index in [9.17, 15) is 17.6 Å². The highest BCUT2D eigenvalue weighted by Crippen LogP contribution is 2.25. The Kier molecular flexibility index (Phi) is 6.15. The van der Waals surface area contributed by atoms with E-state index in [2.05, 4.69) is 10.0 Å². The highest BCUT2D eigenvalue weighted by atomic mass is 32.2. The van der Waals surface area contributed by atoms with Gasteiger partial charge in [0.25, 0.3) is 15.9 Å². The zero-order valence-corrected chi connectivity index (χ0v) is 16.1. The highest BCUT2D eigenvalue weighted by molar-refractivity contribution is 7.92.